The predicted molar refractivity (Wildman–Crippen MR) is 76.7 cm³/mol. The van der Waals surface area contributed by atoms with Crippen LogP contribution in [-0.4, -0.2) is 22.3 Å². The zero-order chi connectivity index (χ0) is 13.4. The van der Waals surface area contributed by atoms with Crippen LogP contribution in [0.3, 0.4) is 0 Å². The molecule has 1 unspecified atom stereocenters. The maximum absolute atomic E-state index is 12.5. The topological polar surface area (TPSA) is 33.2 Å². The molecule has 0 bridgehead atoms. The van der Waals surface area contributed by atoms with E-state index in [0.29, 0.717) is 10.8 Å². The highest BCUT2D eigenvalue weighted by Gasteiger charge is 2.29. The second kappa shape index (κ2) is 4.94. The minimum Gasteiger partial charge on any atom is -0.330 e. The van der Waals surface area contributed by atoms with Crippen LogP contribution in [0.2, 0.25) is 5.15 Å². The molecule has 1 atom stereocenters. The first kappa shape index (κ1) is 12.6. The molecule has 2 aromatic heterocycles. The van der Waals surface area contributed by atoms with Gasteiger partial charge in [-0.15, -0.1) is 11.3 Å². The first-order valence-electron chi connectivity index (χ1n) is 6.16. The standard InChI is InChI=1S/C14H13ClN2OS/c1-9-10-6-8-19-12(10)5-7-17(9)14(18)11-3-2-4-13(15)16-11/h2-4,6,8-9H,5,7H2,1H3. The van der Waals surface area contributed by atoms with E-state index in [9.17, 15) is 4.79 Å². The predicted octanol–water partition coefficient (Wildman–Crippen LogP) is 3.56. The number of nitrogens with zero attached hydrogens (tertiary/aromatic N) is 2. The molecule has 1 aliphatic rings. The monoisotopic (exact) mass is 292 g/mol. The minimum atomic E-state index is -0.0492. The van der Waals surface area contributed by atoms with E-state index in [4.69, 9.17) is 11.6 Å². The molecule has 3 rings (SSSR count). The molecule has 1 amide bonds. The van der Waals surface area contributed by atoms with Gasteiger partial charge in [-0.2, -0.15) is 0 Å². The van der Waals surface area contributed by atoms with Crippen molar-refractivity contribution in [3.63, 3.8) is 0 Å². The number of carbonyl (C=O) groups excluding carboxylic acids is 1. The number of hydrogen-bond acceptors (Lipinski definition) is 3. The summed E-state index contributed by atoms with van der Waals surface area (Å²) in [6.07, 6.45) is 0.920. The lowest BCUT2D eigenvalue weighted by Crippen LogP contribution is -2.38. The van der Waals surface area contributed by atoms with Gasteiger partial charge in [0.25, 0.3) is 5.91 Å². The Hall–Kier alpha value is -1.39. The molecule has 0 aliphatic carbocycles. The summed E-state index contributed by atoms with van der Waals surface area (Å²) in [6.45, 7) is 2.80. The molecule has 0 spiro atoms. The molecule has 0 radical (unpaired) electrons. The van der Waals surface area contributed by atoms with Gasteiger partial charge in [0.2, 0.25) is 0 Å². The Bertz CT molecular complexity index is 625. The first-order valence-corrected chi connectivity index (χ1v) is 7.42. The molecule has 1 aliphatic heterocycles. The van der Waals surface area contributed by atoms with Gasteiger partial charge in [0, 0.05) is 11.4 Å². The Morgan fingerprint density at radius 1 is 1.47 bits per heavy atom. The third-order valence-corrected chi connectivity index (χ3v) is 4.68. The Morgan fingerprint density at radius 2 is 2.32 bits per heavy atom. The molecule has 3 nitrogen and oxygen atoms in total. The molecule has 98 valence electrons. The van der Waals surface area contributed by atoms with Crippen LogP contribution in [-0.2, 0) is 6.42 Å². The molecule has 0 fully saturated rings. The van der Waals surface area contributed by atoms with Gasteiger partial charge in [0.05, 0.1) is 6.04 Å². The summed E-state index contributed by atoms with van der Waals surface area (Å²) >= 11 is 7.61. The summed E-state index contributed by atoms with van der Waals surface area (Å²) in [5, 5.41) is 2.44. The van der Waals surface area contributed by atoms with Crippen LogP contribution in [0.15, 0.2) is 29.6 Å². The molecule has 0 N–H and O–H groups in total. The lowest BCUT2D eigenvalue weighted by molar-refractivity contribution is 0.0673. The second-order valence-corrected chi connectivity index (χ2v) is 5.96. The van der Waals surface area contributed by atoms with Crippen molar-refractivity contribution >= 4 is 28.8 Å². The van der Waals surface area contributed by atoms with Crippen LogP contribution in [0.5, 0.6) is 0 Å². The Labute approximate surface area is 120 Å². The highest BCUT2D eigenvalue weighted by molar-refractivity contribution is 7.10. The van der Waals surface area contributed by atoms with E-state index < -0.39 is 0 Å². The van der Waals surface area contributed by atoms with Gasteiger partial charge in [0.1, 0.15) is 10.8 Å². The van der Waals surface area contributed by atoms with Gasteiger partial charge in [-0.1, -0.05) is 17.7 Å². The van der Waals surface area contributed by atoms with Gasteiger partial charge >= 0.3 is 0 Å². The van der Waals surface area contributed by atoms with Gasteiger partial charge in [0.15, 0.2) is 0 Å². The molecule has 19 heavy (non-hydrogen) atoms. The molecule has 0 saturated carbocycles. The highest BCUT2D eigenvalue weighted by Crippen LogP contribution is 2.33. The highest BCUT2D eigenvalue weighted by atomic mass is 35.5. The van der Waals surface area contributed by atoms with Crippen molar-refractivity contribution in [3.05, 3.63) is 50.9 Å². The SMILES string of the molecule is CC1c2ccsc2CCN1C(=O)c1cccc(Cl)n1. The Kier molecular flexibility index (Phi) is 3.29. The molecule has 0 saturated heterocycles. The fraction of sp³-hybridized carbons (Fsp3) is 0.286. The van der Waals surface area contributed by atoms with E-state index >= 15 is 0 Å². The van der Waals surface area contributed by atoms with E-state index in [1.807, 2.05) is 4.90 Å². The number of carbonyl (C=O) groups is 1. The van der Waals surface area contributed by atoms with Crippen molar-refractivity contribution in [1.82, 2.24) is 9.88 Å². The summed E-state index contributed by atoms with van der Waals surface area (Å²) in [5.74, 6) is -0.0492. The van der Waals surface area contributed by atoms with Crippen LogP contribution in [0.4, 0.5) is 0 Å². The summed E-state index contributed by atoms with van der Waals surface area (Å²) in [6, 6.07) is 7.35. The number of fused-ring (bicyclic) bond motifs is 1. The smallest absolute Gasteiger partial charge is 0.273 e. The maximum atomic E-state index is 12.5. The molecule has 0 aromatic carbocycles. The van der Waals surface area contributed by atoms with Crippen LogP contribution in [0.25, 0.3) is 0 Å². The fourth-order valence-corrected chi connectivity index (χ4v) is 3.59. The largest absolute Gasteiger partial charge is 0.330 e. The van der Waals surface area contributed by atoms with Crippen molar-refractivity contribution in [2.24, 2.45) is 0 Å². The number of halogens is 1. The van der Waals surface area contributed by atoms with Crippen LogP contribution in [0.1, 0.15) is 33.9 Å². The number of rotatable bonds is 1. The Balaban J connectivity index is 1.90. The van der Waals surface area contributed by atoms with Crippen molar-refractivity contribution in [1.29, 1.82) is 0 Å². The van der Waals surface area contributed by atoms with Crippen LogP contribution < -0.4 is 0 Å². The van der Waals surface area contributed by atoms with Gasteiger partial charge in [-0.05, 0) is 42.5 Å². The molecule has 2 aromatic rings. The Morgan fingerprint density at radius 3 is 3.11 bits per heavy atom. The minimum absolute atomic E-state index is 0.0492. The normalized spacial score (nSPS) is 18.2. The summed E-state index contributed by atoms with van der Waals surface area (Å²) in [7, 11) is 0. The van der Waals surface area contributed by atoms with Crippen molar-refractivity contribution < 1.29 is 4.79 Å². The molecular weight excluding hydrogens is 280 g/mol. The zero-order valence-electron chi connectivity index (χ0n) is 10.5. The third kappa shape index (κ3) is 2.26. The van der Waals surface area contributed by atoms with Crippen LogP contribution in [0, 0.1) is 0 Å². The number of hydrogen-bond donors (Lipinski definition) is 0. The average molecular weight is 293 g/mol. The zero-order valence-corrected chi connectivity index (χ0v) is 12.0. The number of amides is 1. The second-order valence-electron chi connectivity index (χ2n) is 4.57. The average Bonchev–Trinajstić information content (AvgIpc) is 2.88. The van der Waals surface area contributed by atoms with Crippen molar-refractivity contribution in [2.75, 3.05) is 6.54 Å². The number of pyridine rings is 1. The molecule has 3 heterocycles. The van der Waals surface area contributed by atoms with E-state index in [2.05, 4.69) is 23.4 Å². The van der Waals surface area contributed by atoms with E-state index in [1.165, 1.54) is 10.4 Å². The summed E-state index contributed by atoms with van der Waals surface area (Å²) < 4.78 is 0. The van der Waals surface area contributed by atoms with Gasteiger partial charge in [-0.3, -0.25) is 4.79 Å². The number of thiophene rings is 1. The number of aromatic nitrogens is 1. The summed E-state index contributed by atoms with van der Waals surface area (Å²) in [4.78, 5) is 19.9. The van der Waals surface area contributed by atoms with Crippen molar-refractivity contribution in [2.45, 2.75) is 19.4 Å². The van der Waals surface area contributed by atoms with E-state index in [1.54, 1.807) is 29.5 Å². The molecular formula is C14H13ClN2OS. The maximum Gasteiger partial charge on any atom is 0.273 e. The fourth-order valence-electron chi connectivity index (χ4n) is 2.46. The lowest BCUT2D eigenvalue weighted by atomic mass is 10.0. The van der Waals surface area contributed by atoms with Crippen molar-refractivity contribution in [3.8, 4) is 0 Å². The van der Waals surface area contributed by atoms with E-state index in [0.717, 1.165) is 13.0 Å². The van der Waals surface area contributed by atoms with Gasteiger partial charge < -0.3 is 4.90 Å². The quantitative estimate of drug-likeness (QED) is 0.753. The summed E-state index contributed by atoms with van der Waals surface area (Å²) in [5.41, 5.74) is 1.67. The van der Waals surface area contributed by atoms with E-state index in [-0.39, 0.29) is 11.9 Å². The third-order valence-electron chi connectivity index (χ3n) is 3.47. The van der Waals surface area contributed by atoms with Crippen LogP contribution >= 0.6 is 22.9 Å². The van der Waals surface area contributed by atoms with Gasteiger partial charge in [-0.25, -0.2) is 4.98 Å². The first-order chi connectivity index (χ1) is 9.16. The molecule has 5 heteroatoms. The lowest BCUT2D eigenvalue weighted by Gasteiger charge is -2.33.